The number of ether oxygens (including phenoxy) is 1. The van der Waals surface area contributed by atoms with Gasteiger partial charge in [0.1, 0.15) is 5.75 Å². The average molecular weight is 285 g/mol. The van der Waals surface area contributed by atoms with Crippen LogP contribution in [-0.4, -0.2) is 22.2 Å². The SMILES string of the molecule is CCC(C)Oc1cccc(-n2cncc2[C@@H]2CCCN2)c1. The summed E-state index contributed by atoms with van der Waals surface area (Å²) in [4.78, 5) is 4.33. The first kappa shape index (κ1) is 14.1. The Balaban J connectivity index is 1.87. The number of hydrogen-bond acceptors (Lipinski definition) is 3. The lowest BCUT2D eigenvalue weighted by Gasteiger charge is -2.16. The molecule has 1 aliphatic rings. The molecule has 3 rings (SSSR count). The quantitative estimate of drug-likeness (QED) is 0.914. The van der Waals surface area contributed by atoms with Crippen molar-refractivity contribution in [1.29, 1.82) is 0 Å². The van der Waals surface area contributed by atoms with Gasteiger partial charge in [-0.2, -0.15) is 0 Å². The molecule has 0 amide bonds. The number of nitrogens with zero attached hydrogens (tertiary/aromatic N) is 2. The third kappa shape index (κ3) is 3.10. The third-order valence-electron chi connectivity index (χ3n) is 4.09. The molecular formula is C17H23N3O. The molecule has 0 aliphatic carbocycles. The van der Waals surface area contributed by atoms with Crippen molar-refractivity contribution in [2.45, 2.75) is 45.3 Å². The van der Waals surface area contributed by atoms with Crippen LogP contribution in [0.2, 0.25) is 0 Å². The molecular weight excluding hydrogens is 262 g/mol. The molecule has 1 saturated heterocycles. The van der Waals surface area contributed by atoms with E-state index in [0.29, 0.717) is 6.04 Å². The summed E-state index contributed by atoms with van der Waals surface area (Å²) >= 11 is 0. The molecule has 1 aromatic heterocycles. The van der Waals surface area contributed by atoms with Crippen LogP contribution in [0.3, 0.4) is 0 Å². The number of imidazole rings is 1. The minimum atomic E-state index is 0.235. The molecule has 1 unspecified atom stereocenters. The van der Waals surface area contributed by atoms with Gasteiger partial charge in [-0.05, 0) is 44.9 Å². The zero-order valence-corrected chi connectivity index (χ0v) is 12.7. The van der Waals surface area contributed by atoms with Crippen molar-refractivity contribution < 1.29 is 4.74 Å². The van der Waals surface area contributed by atoms with Crippen LogP contribution < -0.4 is 10.1 Å². The second-order valence-electron chi connectivity index (χ2n) is 5.67. The first-order chi connectivity index (χ1) is 10.3. The molecule has 1 aromatic carbocycles. The second-order valence-corrected chi connectivity index (χ2v) is 5.67. The lowest BCUT2D eigenvalue weighted by atomic mass is 10.1. The number of aromatic nitrogens is 2. The van der Waals surface area contributed by atoms with Crippen LogP contribution >= 0.6 is 0 Å². The van der Waals surface area contributed by atoms with Gasteiger partial charge in [0.05, 0.1) is 30.0 Å². The Hall–Kier alpha value is -1.81. The Kier molecular flexibility index (Phi) is 4.25. The summed E-state index contributed by atoms with van der Waals surface area (Å²) in [5, 5.41) is 3.53. The van der Waals surface area contributed by atoms with Gasteiger partial charge in [0.2, 0.25) is 0 Å². The van der Waals surface area contributed by atoms with Crippen molar-refractivity contribution in [3.8, 4) is 11.4 Å². The number of nitrogens with one attached hydrogen (secondary N) is 1. The minimum absolute atomic E-state index is 0.235. The van der Waals surface area contributed by atoms with E-state index in [2.05, 4.69) is 40.8 Å². The van der Waals surface area contributed by atoms with Crippen LogP contribution in [0.25, 0.3) is 5.69 Å². The number of benzene rings is 1. The summed E-state index contributed by atoms with van der Waals surface area (Å²) in [6.07, 6.45) is 7.50. The fourth-order valence-electron chi connectivity index (χ4n) is 2.74. The largest absolute Gasteiger partial charge is 0.491 e. The van der Waals surface area contributed by atoms with Gasteiger partial charge in [0, 0.05) is 12.1 Å². The van der Waals surface area contributed by atoms with Crippen molar-refractivity contribution >= 4 is 0 Å². The Morgan fingerprint density at radius 2 is 2.38 bits per heavy atom. The fourth-order valence-corrected chi connectivity index (χ4v) is 2.74. The van der Waals surface area contributed by atoms with Crippen molar-refractivity contribution in [3.63, 3.8) is 0 Å². The van der Waals surface area contributed by atoms with Crippen molar-refractivity contribution in [3.05, 3.63) is 42.5 Å². The Bertz CT molecular complexity index is 587. The molecule has 0 radical (unpaired) electrons. The lowest BCUT2D eigenvalue weighted by molar-refractivity contribution is 0.217. The van der Waals surface area contributed by atoms with Gasteiger partial charge >= 0.3 is 0 Å². The maximum Gasteiger partial charge on any atom is 0.121 e. The molecule has 1 fully saturated rings. The number of rotatable bonds is 5. The summed E-state index contributed by atoms with van der Waals surface area (Å²) in [5.74, 6) is 0.917. The highest BCUT2D eigenvalue weighted by atomic mass is 16.5. The van der Waals surface area contributed by atoms with Crippen LogP contribution in [0, 0.1) is 0 Å². The molecule has 2 atom stereocenters. The zero-order chi connectivity index (χ0) is 14.7. The first-order valence-electron chi connectivity index (χ1n) is 7.80. The van der Waals surface area contributed by atoms with Crippen molar-refractivity contribution in [1.82, 2.24) is 14.9 Å². The third-order valence-corrected chi connectivity index (χ3v) is 4.09. The maximum absolute atomic E-state index is 5.92. The van der Waals surface area contributed by atoms with Crippen LogP contribution in [-0.2, 0) is 0 Å². The van der Waals surface area contributed by atoms with Gasteiger partial charge in [-0.25, -0.2) is 4.98 Å². The summed E-state index contributed by atoms with van der Waals surface area (Å²) < 4.78 is 8.08. The first-order valence-corrected chi connectivity index (χ1v) is 7.80. The molecule has 2 heterocycles. The van der Waals surface area contributed by atoms with E-state index >= 15 is 0 Å². The molecule has 4 nitrogen and oxygen atoms in total. The van der Waals surface area contributed by atoms with Crippen LogP contribution in [0.4, 0.5) is 0 Å². The molecule has 21 heavy (non-hydrogen) atoms. The molecule has 1 N–H and O–H groups in total. The molecule has 0 saturated carbocycles. The summed E-state index contributed by atoms with van der Waals surface area (Å²) in [6.45, 7) is 5.32. The predicted molar refractivity (Wildman–Crippen MR) is 83.9 cm³/mol. The molecule has 1 aliphatic heterocycles. The van der Waals surface area contributed by atoms with E-state index in [1.165, 1.54) is 18.5 Å². The van der Waals surface area contributed by atoms with Crippen LogP contribution in [0.15, 0.2) is 36.8 Å². The van der Waals surface area contributed by atoms with Gasteiger partial charge in [-0.3, -0.25) is 0 Å². The molecule has 0 spiro atoms. The maximum atomic E-state index is 5.92. The zero-order valence-electron chi connectivity index (χ0n) is 12.7. The molecule has 0 bridgehead atoms. The summed E-state index contributed by atoms with van der Waals surface area (Å²) in [6, 6.07) is 8.65. The average Bonchev–Trinajstić information content (AvgIpc) is 3.18. The van der Waals surface area contributed by atoms with Gasteiger partial charge in [0.15, 0.2) is 0 Å². The molecule has 4 heteroatoms. The Morgan fingerprint density at radius 3 is 3.14 bits per heavy atom. The topological polar surface area (TPSA) is 39.1 Å². The Labute approximate surface area is 126 Å². The van der Waals surface area contributed by atoms with Gasteiger partial charge < -0.3 is 14.6 Å². The summed E-state index contributed by atoms with van der Waals surface area (Å²) in [5.41, 5.74) is 2.34. The van der Waals surface area contributed by atoms with Crippen molar-refractivity contribution in [2.75, 3.05) is 6.54 Å². The van der Waals surface area contributed by atoms with E-state index in [0.717, 1.165) is 24.4 Å². The van der Waals surface area contributed by atoms with E-state index in [-0.39, 0.29) is 6.10 Å². The van der Waals surface area contributed by atoms with Crippen LogP contribution in [0.1, 0.15) is 44.8 Å². The minimum Gasteiger partial charge on any atom is -0.491 e. The van der Waals surface area contributed by atoms with E-state index < -0.39 is 0 Å². The molecule has 2 aromatic rings. The smallest absolute Gasteiger partial charge is 0.121 e. The highest BCUT2D eigenvalue weighted by Crippen LogP contribution is 2.26. The van der Waals surface area contributed by atoms with Gasteiger partial charge in [0.25, 0.3) is 0 Å². The standard InChI is InChI=1S/C17H23N3O/c1-3-13(2)21-15-7-4-6-14(10-15)20-12-18-11-17(20)16-8-5-9-19-16/h4,6-7,10-13,16,19H,3,5,8-9H2,1-2H3/t13?,16-/m0/s1. The summed E-state index contributed by atoms with van der Waals surface area (Å²) in [7, 11) is 0. The Morgan fingerprint density at radius 1 is 1.48 bits per heavy atom. The lowest BCUT2D eigenvalue weighted by Crippen LogP contribution is -2.16. The monoisotopic (exact) mass is 285 g/mol. The van der Waals surface area contributed by atoms with E-state index in [1.807, 2.05) is 24.7 Å². The van der Waals surface area contributed by atoms with E-state index in [9.17, 15) is 0 Å². The number of hydrogen-bond donors (Lipinski definition) is 1. The fraction of sp³-hybridized carbons (Fsp3) is 0.471. The van der Waals surface area contributed by atoms with E-state index in [4.69, 9.17) is 4.74 Å². The predicted octanol–water partition coefficient (Wildman–Crippen LogP) is 3.47. The molecule has 112 valence electrons. The van der Waals surface area contributed by atoms with E-state index in [1.54, 1.807) is 0 Å². The van der Waals surface area contributed by atoms with Gasteiger partial charge in [-0.15, -0.1) is 0 Å². The van der Waals surface area contributed by atoms with Crippen molar-refractivity contribution in [2.24, 2.45) is 0 Å². The highest BCUT2D eigenvalue weighted by molar-refractivity contribution is 5.41. The van der Waals surface area contributed by atoms with Gasteiger partial charge in [-0.1, -0.05) is 13.0 Å². The van der Waals surface area contributed by atoms with Crippen LogP contribution in [0.5, 0.6) is 5.75 Å². The highest BCUT2D eigenvalue weighted by Gasteiger charge is 2.20. The normalized spacial score (nSPS) is 19.6. The second kappa shape index (κ2) is 6.31.